The molecule has 3 heteroatoms. The molecule has 0 amide bonds. The van der Waals surface area contributed by atoms with Crippen LogP contribution in [0.5, 0.6) is 0 Å². The van der Waals surface area contributed by atoms with Gasteiger partial charge in [0.05, 0.1) is 0 Å². The molecule has 82 valence electrons. The summed E-state index contributed by atoms with van der Waals surface area (Å²) in [6.45, 7) is 1.91. The molecule has 0 aromatic heterocycles. The van der Waals surface area contributed by atoms with E-state index in [2.05, 4.69) is 0 Å². The van der Waals surface area contributed by atoms with E-state index in [0.717, 1.165) is 36.8 Å². The van der Waals surface area contributed by atoms with Crippen molar-refractivity contribution < 1.29 is 4.39 Å². The third-order valence-electron chi connectivity index (χ3n) is 3.34. The molecule has 0 bridgehead atoms. The second-order valence-corrected chi connectivity index (χ2v) is 4.83. The molecule has 1 aromatic carbocycles. The molecule has 0 heterocycles. The van der Waals surface area contributed by atoms with E-state index in [4.69, 9.17) is 17.3 Å². The van der Waals surface area contributed by atoms with Crippen molar-refractivity contribution >= 4 is 11.6 Å². The van der Waals surface area contributed by atoms with Crippen molar-refractivity contribution in [2.75, 3.05) is 0 Å². The zero-order valence-corrected chi connectivity index (χ0v) is 9.57. The summed E-state index contributed by atoms with van der Waals surface area (Å²) in [4.78, 5) is 0. The smallest absolute Gasteiger partial charge is 0.125 e. The molecule has 2 rings (SSSR count). The van der Waals surface area contributed by atoms with Crippen LogP contribution in [0.15, 0.2) is 12.1 Å². The van der Waals surface area contributed by atoms with Gasteiger partial charge in [-0.05, 0) is 43.0 Å². The largest absolute Gasteiger partial charge is 0.321 e. The van der Waals surface area contributed by atoms with Crippen LogP contribution in [-0.2, 0) is 5.54 Å². The molecular formula is C12H15ClFN. The molecule has 1 saturated carbocycles. The van der Waals surface area contributed by atoms with Gasteiger partial charge in [0.15, 0.2) is 0 Å². The van der Waals surface area contributed by atoms with Gasteiger partial charge in [-0.3, -0.25) is 0 Å². The van der Waals surface area contributed by atoms with Gasteiger partial charge in [-0.25, -0.2) is 4.39 Å². The highest BCUT2D eigenvalue weighted by Crippen LogP contribution is 2.39. The molecule has 1 aliphatic carbocycles. The summed E-state index contributed by atoms with van der Waals surface area (Å²) in [6.07, 6.45) is 4.08. The maximum absolute atomic E-state index is 13.3. The van der Waals surface area contributed by atoms with Crippen LogP contribution in [0, 0.1) is 12.7 Å². The maximum atomic E-state index is 13.3. The normalized spacial score (nSPS) is 19.5. The Labute approximate surface area is 94.4 Å². The van der Waals surface area contributed by atoms with Gasteiger partial charge in [0, 0.05) is 10.6 Å². The van der Waals surface area contributed by atoms with Crippen LogP contribution < -0.4 is 5.73 Å². The van der Waals surface area contributed by atoms with Crippen molar-refractivity contribution in [3.05, 3.63) is 34.1 Å². The van der Waals surface area contributed by atoms with Gasteiger partial charge in [-0.2, -0.15) is 0 Å². The van der Waals surface area contributed by atoms with Crippen molar-refractivity contribution in [2.24, 2.45) is 5.73 Å². The number of nitrogens with two attached hydrogens (primary N) is 1. The fourth-order valence-corrected chi connectivity index (χ4v) is 2.64. The van der Waals surface area contributed by atoms with Crippen LogP contribution in [0.1, 0.15) is 36.8 Å². The molecule has 1 fully saturated rings. The Morgan fingerprint density at radius 2 is 1.93 bits per heavy atom. The van der Waals surface area contributed by atoms with Gasteiger partial charge >= 0.3 is 0 Å². The van der Waals surface area contributed by atoms with Crippen molar-refractivity contribution in [3.63, 3.8) is 0 Å². The van der Waals surface area contributed by atoms with Crippen molar-refractivity contribution in [3.8, 4) is 0 Å². The lowest BCUT2D eigenvalue weighted by molar-refractivity contribution is 0.455. The molecule has 15 heavy (non-hydrogen) atoms. The average Bonchev–Trinajstić information content (AvgIpc) is 2.59. The Kier molecular flexibility index (Phi) is 2.73. The van der Waals surface area contributed by atoms with Gasteiger partial charge in [-0.1, -0.05) is 24.4 Å². The molecule has 0 aliphatic heterocycles. The zero-order chi connectivity index (χ0) is 11.1. The number of hydrogen-bond acceptors (Lipinski definition) is 1. The van der Waals surface area contributed by atoms with E-state index in [9.17, 15) is 4.39 Å². The number of rotatable bonds is 1. The van der Waals surface area contributed by atoms with E-state index in [0.29, 0.717) is 5.02 Å². The molecule has 0 radical (unpaired) electrons. The minimum Gasteiger partial charge on any atom is -0.321 e. The van der Waals surface area contributed by atoms with E-state index in [1.807, 2.05) is 6.92 Å². The lowest BCUT2D eigenvalue weighted by Gasteiger charge is -2.26. The van der Waals surface area contributed by atoms with E-state index in [-0.39, 0.29) is 11.4 Å². The summed E-state index contributed by atoms with van der Waals surface area (Å²) < 4.78 is 13.3. The fraction of sp³-hybridized carbons (Fsp3) is 0.500. The lowest BCUT2D eigenvalue weighted by Crippen LogP contribution is -2.34. The van der Waals surface area contributed by atoms with Gasteiger partial charge in [0.1, 0.15) is 5.82 Å². The first-order valence-electron chi connectivity index (χ1n) is 5.28. The van der Waals surface area contributed by atoms with Crippen LogP contribution >= 0.6 is 11.6 Å². The SMILES string of the molecule is Cc1c(Cl)cc(F)cc1C1(N)CCCC1. The third kappa shape index (κ3) is 1.88. The monoisotopic (exact) mass is 227 g/mol. The highest BCUT2D eigenvalue weighted by atomic mass is 35.5. The van der Waals surface area contributed by atoms with Gasteiger partial charge in [0.2, 0.25) is 0 Å². The molecule has 0 atom stereocenters. The highest BCUT2D eigenvalue weighted by molar-refractivity contribution is 6.31. The molecular weight excluding hydrogens is 213 g/mol. The van der Waals surface area contributed by atoms with Crippen molar-refractivity contribution in [2.45, 2.75) is 38.1 Å². The molecule has 1 aromatic rings. The van der Waals surface area contributed by atoms with Crippen LogP contribution in [0.3, 0.4) is 0 Å². The molecule has 1 aliphatic rings. The number of hydrogen-bond donors (Lipinski definition) is 1. The van der Waals surface area contributed by atoms with E-state index in [1.165, 1.54) is 12.1 Å². The second kappa shape index (κ2) is 3.76. The van der Waals surface area contributed by atoms with Gasteiger partial charge < -0.3 is 5.73 Å². The number of halogens is 2. The average molecular weight is 228 g/mol. The summed E-state index contributed by atoms with van der Waals surface area (Å²) in [7, 11) is 0. The quantitative estimate of drug-likeness (QED) is 0.781. The summed E-state index contributed by atoms with van der Waals surface area (Å²) in [6, 6.07) is 2.88. The maximum Gasteiger partial charge on any atom is 0.125 e. The Bertz CT molecular complexity index is 383. The Balaban J connectivity index is 2.51. The highest BCUT2D eigenvalue weighted by Gasteiger charge is 2.33. The zero-order valence-electron chi connectivity index (χ0n) is 8.82. The molecule has 0 unspecified atom stereocenters. The summed E-state index contributed by atoms with van der Waals surface area (Å²) in [5.41, 5.74) is 7.73. The van der Waals surface area contributed by atoms with E-state index < -0.39 is 0 Å². The summed E-state index contributed by atoms with van der Waals surface area (Å²) in [5, 5.41) is 0.474. The van der Waals surface area contributed by atoms with Crippen LogP contribution in [0.25, 0.3) is 0 Å². The van der Waals surface area contributed by atoms with Crippen LogP contribution in [0.2, 0.25) is 5.02 Å². The Morgan fingerprint density at radius 1 is 1.33 bits per heavy atom. The Hall–Kier alpha value is -0.600. The minimum absolute atomic E-state index is 0.294. The number of benzene rings is 1. The van der Waals surface area contributed by atoms with Gasteiger partial charge in [-0.15, -0.1) is 0 Å². The topological polar surface area (TPSA) is 26.0 Å². The van der Waals surface area contributed by atoms with E-state index >= 15 is 0 Å². The van der Waals surface area contributed by atoms with Crippen LogP contribution in [0.4, 0.5) is 4.39 Å². The standard InChI is InChI=1S/C12H15ClFN/c1-8-10(6-9(14)7-11(8)13)12(15)4-2-3-5-12/h6-7H,2-5,15H2,1H3. The molecule has 0 saturated heterocycles. The predicted molar refractivity (Wildman–Crippen MR) is 60.5 cm³/mol. The Morgan fingerprint density at radius 3 is 2.53 bits per heavy atom. The predicted octanol–water partition coefficient (Wildman–Crippen LogP) is 3.52. The molecule has 2 N–H and O–H groups in total. The molecule has 1 nitrogen and oxygen atoms in total. The second-order valence-electron chi connectivity index (χ2n) is 4.42. The first-order valence-corrected chi connectivity index (χ1v) is 5.66. The van der Waals surface area contributed by atoms with Crippen LogP contribution in [-0.4, -0.2) is 0 Å². The van der Waals surface area contributed by atoms with Crippen molar-refractivity contribution in [1.82, 2.24) is 0 Å². The van der Waals surface area contributed by atoms with Crippen molar-refractivity contribution in [1.29, 1.82) is 0 Å². The first kappa shape index (κ1) is 10.9. The minimum atomic E-state index is -0.365. The summed E-state index contributed by atoms with van der Waals surface area (Å²) in [5.74, 6) is -0.294. The molecule has 0 spiro atoms. The summed E-state index contributed by atoms with van der Waals surface area (Å²) >= 11 is 5.96. The van der Waals surface area contributed by atoms with E-state index in [1.54, 1.807) is 0 Å². The fourth-order valence-electron chi connectivity index (χ4n) is 2.44. The van der Waals surface area contributed by atoms with Gasteiger partial charge in [0.25, 0.3) is 0 Å². The first-order chi connectivity index (χ1) is 7.03. The third-order valence-corrected chi connectivity index (χ3v) is 3.73. The lowest BCUT2D eigenvalue weighted by atomic mass is 9.86.